The SMILES string of the molecule is O=C1CCC(C(=O)N2CCC(c3cccc4ccccc34)CC2)CN1. The van der Waals surface area contributed by atoms with E-state index in [2.05, 4.69) is 47.8 Å². The van der Waals surface area contributed by atoms with Crippen molar-refractivity contribution in [3.63, 3.8) is 0 Å². The van der Waals surface area contributed by atoms with Crippen LogP contribution in [0.3, 0.4) is 0 Å². The summed E-state index contributed by atoms with van der Waals surface area (Å²) in [5.41, 5.74) is 1.41. The highest BCUT2D eigenvalue weighted by Gasteiger charge is 2.31. The molecule has 4 rings (SSSR count). The van der Waals surface area contributed by atoms with Gasteiger partial charge < -0.3 is 10.2 Å². The molecule has 0 spiro atoms. The van der Waals surface area contributed by atoms with E-state index in [0.29, 0.717) is 25.3 Å². The van der Waals surface area contributed by atoms with Gasteiger partial charge in [-0.05, 0) is 41.5 Å². The van der Waals surface area contributed by atoms with Crippen molar-refractivity contribution in [2.24, 2.45) is 5.92 Å². The molecule has 0 bridgehead atoms. The molecule has 0 radical (unpaired) electrons. The minimum absolute atomic E-state index is 0.0354. The average Bonchev–Trinajstić information content (AvgIpc) is 2.68. The van der Waals surface area contributed by atoms with Crippen LogP contribution < -0.4 is 5.32 Å². The third-order valence-electron chi connectivity index (χ3n) is 5.68. The largest absolute Gasteiger partial charge is 0.355 e. The summed E-state index contributed by atoms with van der Waals surface area (Å²) in [4.78, 5) is 26.0. The summed E-state index contributed by atoms with van der Waals surface area (Å²) in [7, 11) is 0. The van der Waals surface area contributed by atoms with Gasteiger partial charge in [0, 0.05) is 26.1 Å². The number of likely N-dealkylation sites (tertiary alicyclic amines) is 1. The molecule has 1 atom stereocenters. The highest BCUT2D eigenvalue weighted by molar-refractivity contribution is 5.86. The number of carbonyl (C=O) groups is 2. The van der Waals surface area contributed by atoms with Gasteiger partial charge in [-0.2, -0.15) is 0 Å². The second-order valence-corrected chi connectivity index (χ2v) is 7.21. The number of nitrogens with zero attached hydrogens (tertiary/aromatic N) is 1. The Morgan fingerprint density at radius 3 is 2.52 bits per heavy atom. The second kappa shape index (κ2) is 6.87. The molecule has 0 aromatic heterocycles. The van der Waals surface area contributed by atoms with Gasteiger partial charge in [0.1, 0.15) is 0 Å². The van der Waals surface area contributed by atoms with Crippen LogP contribution >= 0.6 is 0 Å². The molecule has 2 aromatic rings. The number of hydrogen-bond acceptors (Lipinski definition) is 2. The smallest absolute Gasteiger partial charge is 0.227 e. The minimum atomic E-state index is -0.0354. The molecule has 2 heterocycles. The molecule has 0 aliphatic carbocycles. The molecule has 2 aromatic carbocycles. The first-order valence-electron chi connectivity index (χ1n) is 9.25. The molecule has 2 fully saturated rings. The lowest BCUT2D eigenvalue weighted by atomic mass is 9.85. The Morgan fingerprint density at radius 2 is 1.76 bits per heavy atom. The molecule has 2 saturated heterocycles. The highest BCUT2D eigenvalue weighted by atomic mass is 16.2. The lowest BCUT2D eigenvalue weighted by Gasteiger charge is -2.35. The normalized spacial score (nSPS) is 22.0. The van der Waals surface area contributed by atoms with Gasteiger partial charge in [0.2, 0.25) is 11.8 Å². The average molecular weight is 336 g/mol. The quantitative estimate of drug-likeness (QED) is 0.916. The van der Waals surface area contributed by atoms with Crippen molar-refractivity contribution in [3.05, 3.63) is 48.0 Å². The number of nitrogens with one attached hydrogen (secondary N) is 1. The minimum Gasteiger partial charge on any atom is -0.355 e. The monoisotopic (exact) mass is 336 g/mol. The van der Waals surface area contributed by atoms with Gasteiger partial charge in [-0.25, -0.2) is 0 Å². The van der Waals surface area contributed by atoms with Gasteiger partial charge in [0.05, 0.1) is 5.92 Å². The highest BCUT2D eigenvalue weighted by Crippen LogP contribution is 2.33. The first-order valence-corrected chi connectivity index (χ1v) is 9.25. The first kappa shape index (κ1) is 16.1. The Balaban J connectivity index is 1.43. The molecular formula is C21H24N2O2. The summed E-state index contributed by atoms with van der Waals surface area (Å²) >= 11 is 0. The predicted molar refractivity (Wildman–Crippen MR) is 98.2 cm³/mol. The molecule has 2 aliphatic heterocycles. The molecule has 1 unspecified atom stereocenters. The molecule has 130 valence electrons. The number of amides is 2. The molecule has 4 nitrogen and oxygen atoms in total. The van der Waals surface area contributed by atoms with Crippen molar-refractivity contribution in [2.45, 2.75) is 31.6 Å². The maximum atomic E-state index is 12.7. The van der Waals surface area contributed by atoms with Crippen molar-refractivity contribution in [1.29, 1.82) is 0 Å². The summed E-state index contributed by atoms with van der Waals surface area (Å²) in [5.74, 6) is 0.767. The van der Waals surface area contributed by atoms with Crippen LogP contribution in [0.4, 0.5) is 0 Å². The van der Waals surface area contributed by atoms with Gasteiger partial charge in [0.25, 0.3) is 0 Å². The van der Waals surface area contributed by atoms with E-state index in [0.717, 1.165) is 25.9 Å². The Morgan fingerprint density at radius 1 is 1.00 bits per heavy atom. The Bertz CT molecular complexity index is 778. The van der Waals surface area contributed by atoms with Gasteiger partial charge in [-0.1, -0.05) is 42.5 Å². The predicted octanol–water partition coefficient (Wildman–Crippen LogP) is 3.07. The fourth-order valence-corrected chi connectivity index (χ4v) is 4.22. The zero-order chi connectivity index (χ0) is 17.2. The summed E-state index contributed by atoms with van der Waals surface area (Å²) < 4.78 is 0. The van der Waals surface area contributed by atoms with Gasteiger partial charge in [-0.15, -0.1) is 0 Å². The Hall–Kier alpha value is -2.36. The van der Waals surface area contributed by atoms with Crippen molar-refractivity contribution in [3.8, 4) is 0 Å². The zero-order valence-corrected chi connectivity index (χ0v) is 14.4. The molecule has 2 aliphatic rings. The fourth-order valence-electron chi connectivity index (χ4n) is 4.22. The van der Waals surface area contributed by atoms with Crippen LogP contribution in [0.25, 0.3) is 10.8 Å². The molecular weight excluding hydrogens is 312 g/mol. The molecule has 1 N–H and O–H groups in total. The van der Waals surface area contributed by atoms with Gasteiger partial charge >= 0.3 is 0 Å². The topological polar surface area (TPSA) is 49.4 Å². The van der Waals surface area contributed by atoms with Crippen LogP contribution in [-0.2, 0) is 9.59 Å². The summed E-state index contributed by atoms with van der Waals surface area (Å²) in [6, 6.07) is 15.1. The number of rotatable bonds is 2. The van der Waals surface area contributed by atoms with Crippen molar-refractivity contribution >= 4 is 22.6 Å². The third kappa shape index (κ3) is 3.26. The van der Waals surface area contributed by atoms with E-state index >= 15 is 0 Å². The number of hydrogen-bond donors (Lipinski definition) is 1. The maximum Gasteiger partial charge on any atom is 0.227 e. The summed E-state index contributed by atoms with van der Waals surface area (Å²) in [6.45, 7) is 2.13. The van der Waals surface area contributed by atoms with Crippen molar-refractivity contribution in [2.75, 3.05) is 19.6 Å². The van der Waals surface area contributed by atoms with E-state index in [1.807, 2.05) is 4.90 Å². The maximum absolute atomic E-state index is 12.7. The van der Waals surface area contributed by atoms with Gasteiger partial charge in [-0.3, -0.25) is 9.59 Å². The standard InChI is InChI=1S/C21H24N2O2/c24-20-9-8-17(14-22-20)21(25)23-12-10-16(11-13-23)19-7-3-5-15-4-1-2-6-18(15)19/h1-7,16-17H,8-14H2,(H,22,24). The van der Waals surface area contributed by atoms with Crippen LogP contribution in [0.2, 0.25) is 0 Å². The fraction of sp³-hybridized carbons (Fsp3) is 0.429. The van der Waals surface area contributed by atoms with Crippen molar-refractivity contribution in [1.82, 2.24) is 10.2 Å². The lowest BCUT2D eigenvalue weighted by molar-refractivity contribution is -0.138. The second-order valence-electron chi connectivity index (χ2n) is 7.21. The molecule has 25 heavy (non-hydrogen) atoms. The molecule has 0 saturated carbocycles. The Kier molecular flexibility index (Phi) is 4.43. The van der Waals surface area contributed by atoms with E-state index in [1.165, 1.54) is 16.3 Å². The van der Waals surface area contributed by atoms with Crippen LogP contribution in [0.15, 0.2) is 42.5 Å². The lowest BCUT2D eigenvalue weighted by Crippen LogP contribution is -2.47. The number of piperidine rings is 2. The van der Waals surface area contributed by atoms with Gasteiger partial charge in [0.15, 0.2) is 0 Å². The summed E-state index contributed by atoms with van der Waals surface area (Å²) in [6.07, 6.45) is 3.19. The van der Waals surface area contributed by atoms with Crippen LogP contribution in [0.5, 0.6) is 0 Å². The number of benzene rings is 2. The van der Waals surface area contributed by atoms with E-state index in [4.69, 9.17) is 0 Å². The van der Waals surface area contributed by atoms with Crippen LogP contribution in [0.1, 0.15) is 37.2 Å². The van der Waals surface area contributed by atoms with Crippen LogP contribution in [0, 0.1) is 5.92 Å². The zero-order valence-electron chi connectivity index (χ0n) is 14.4. The van der Waals surface area contributed by atoms with E-state index in [1.54, 1.807) is 0 Å². The van der Waals surface area contributed by atoms with E-state index in [9.17, 15) is 9.59 Å². The van der Waals surface area contributed by atoms with Crippen LogP contribution in [-0.4, -0.2) is 36.3 Å². The number of carbonyl (C=O) groups excluding carboxylic acids is 2. The van der Waals surface area contributed by atoms with Crippen molar-refractivity contribution < 1.29 is 9.59 Å². The number of fused-ring (bicyclic) bond motifs is 1. The van der Waals surface area contributed by atoms with E-state index < -0.39 is 0 Å². The molecule has 4 heteroatoms. The first-order chi connectivity index (χ1) is 12.2. The molecule has 2 amide bonds. The summed E-state index contributed by atoms with van der Waals surface area (Å²) in [5, 5.41) is 5.45. The Labute approximate surface area is 148 Å². The van der Waals surface area contributed by atoms with E-state index in [-0.39, 0.29) is 17.7 Å². The third-order valence-corrected chi connectivity index (χ3v) is 5.68.